The number of hydrogen-bond acceptors (Lipinski definition) is 4. The fourth-order valence-electron chi connectivity index (χ4n) is 1.55. The van der Waals surface area contributed by atoms with Gasteiger partial charge in [0, 0.05) is 5.56 Å². The molecule has 0 radical (unpaired) electrons. The Morgan fingerprint density at radius 1 is 1.39 bits per heavy atom. The van der Waals surface area contributed by atoms with E-state index in [1.807, 2.05) is 0 Å². The van der Waals surface area contributed by atoms with E-state index in [9.17, 15) is 14.9 Å². The third kappa shape index (κ3) is 1.98. The second-order valence-electron chi connectivity index (χ2n) is 3.57. The predicted octanol–water partition coefficient (Wildman–Crippen LogP) is 2.21. The van der Waals surface area contributed by atoms with Crippen molar-refractivity contribution >= 4 is 23.2 Å². The van der Waals surface area contributed by atoms with Crippen molar-refractivity contribution in [2.24, 2.45) is 7.05 Å². The van der Waals surface area contributed by atoms with Crippen LogP contribution >= 0.6 is 11.6 Å². The van der Waals surface area contributed by atoms with Gasteiger partial charge < -0.3 is 10.1 Å². The molecule has 0 atom stereocenters. The summed E-state index contributed by atoms with van der Waals surface area (Å²) in [6, 6.07) is 8.22. The molecule has 2 aromatic rings. The summed E-state index contributed by atoms with van der Waals surface area (Å²) >= 11 is 5.88. The minimum absolute atomic E-state index is 0.0458. The number of halogens is 1. The number of nitrogens with zero attached hydrogens (tertiary/aromatic N) is 3. The van der Waals surface area contributed by atoms with Crippen LogP contribution in [0.25, 0.3) is 0 Å². The lowest BCUT2D eigenvalue weighted by Crippen LogP contribution is -2.04. The van der Waals surface area contributed by atoms with E-state index in [-0.39, 0.29) is 10.7 Å². The number of carbonyl (C=O) groups is 1. The molecular weight excluding hydrogens is 258 g/mol. The molecule has 1 aromatic carbocycles. The molecule has 0 aliphatic heterocycles. The zero-order chi connectivity index (χ0) is 13.3. The number of benzene rings is 1. The Morgan fingerprint density at radius 2 is 2.00 bits per heavy atom. The monoisotopic (exact) mass is 265 g/mol. The van der Waals surface area contributed by atoms with Crippen molar-refractivity contribution < 1.29 is 9.72 Å². The standard InChI is InChI=1S/C11H8ClN3O3/c1-14-10(12)8(11(13-14)15(17)18)9(16)7-5-3-2-4-6-7/h2-6H,1H3. The molecule has 0 N–H and O–H groups in total. The normalized spacial score (nSPS) is 10.3. The Balaban J connectivity index is 2.58. The number of aromatic nitrogens is 2. The van der Waals surface area contributed by atoms with Gasteiger partial charge in [0.05, 0.1) is 12.1 Å². The summed E-state index contributed by atoms with van der Waals surface area (Å²) in [5, 5.41) is 14.4. The summed E-state index contributed by atoms with van der Waals surface area (Å²) in [6.07, 6.45) is 0. The van der Waals surface area contributed by atoms with E-state index in [2.05, 4.69) is 5.10 Å². The van der Waals surface area contributed by atoms with E-state index in [0.29, 0.717) is 5.56 Å². The molecule has 0 aliphatic carbocycles. The Hall–Kier alpha value is -2.21. The molecule has 6 nitrogen and oxygen atoms in total. The van der Waals surface area contributed by atoms with Crippen molar-refractivity contribution in [3.8, 4) is 0 Å². The molecule has 0 saturated carbocycles. The van der Waals surface area contributed by atoms with Crippen molar-refractivity contribution in [1.82, 2.24) is 9.78 Å². The summed E-state index contributed by atoms with van der Waals surface area (Å²) < 4.78 is 1.11. The summed E-state index contributed by atoms with van der Waals surface area (Å²) in [4.78, 5) is 22.3. The lowest BCUT2D eigenvalue weighted by Gasteiger charge is -1.98. The molecule has 1 aromatic heterocycles. The van der Waals surface area contributed by atoms with Gasteiger partial charge in [0.15, 0.2) is 10.7 Å². The highest BCUT2D eigenvalue weighted by molar-refractivity contribution is 6.34. The smallest absolute Gasteiger partial charge is 0.358 e. The van der Waals surface area contributed by atoms with Crippen molar-refractivity contribution in [2.45, 2.75) is 0 Å². The highest BCUT2D eigenvalue weighted by Gasteiger charge is 2.31. The van der Waals surface area contributed by atoms with E-state index in [4.69, 9.17) is 11.6 Å². The zero-order valence-corrected chi connectivity index (χ0v) is 10.1. The fourth-order valence-corrected chi connectivity index (χ4v) is 1.76. The van der Waals surface area contributed by atoms with Gasteiger partial charge in [-0.2, -0.15) is 4.68 Å². The Morgan fingerprint density at radius 3 is 2.56 bits per heavy atom. The lowest BCUT2D eigenvalue weighted by molar-refractivity contribution is -0.390. The van der Waals surface area contributed by atoms with Crippen molar-refractivity contribution in [3.63, 3.8) is 0 Å². The first-order valence-electron chi connectivity index (χ1n) is 4.99. The topological polar surface area (TPSA) is 78.0 Å². The SMILES string of the molecule is Cn1nc([N+](=O)[O-])c(C(=O)c2ccccc2)c1Cl. The van der Waals surface area contributed by atoms with E-state index in [1.54, 1.807) is 30.3 Å². The number of carbonyl (C=O) groups excluding carboxylic acids is 1. The zero-order valence-electron chi connectivity index (χ0n) is 9.33. The summed E-state index contributed by atoms with van der Waals surface area (Å²) in [6.45, 7) is 0. The van der Waals surface area contributed by atoms with E-state index >= 15 is 0 Å². The molecule has 0 spiro atoms. The van der Waals surface area contributed by atoms with E-state index < -0.39 is 16.5 Å². The second-order valence-corrected chi connectivity index (χ2v) is 3.92. The van der Waals surface area contributed by atoms with Crippen LogP contribution < -0.4 is 0 Å². The van der Waals surface area contributed by atoms with E-state index in [0.717, 1.165) is 4.68 Å². The van der Waals surface area contributed by atoms with Crippen molar-refractivity contribution in [2.75, 3.05) is 0 Å². The molecule has 0 fully saturated rings. The maximum Gasteiger partial charge on any atom is 0.402 e. The van der Waals surface area contributed by atoms with Gasteiger partial charge in [-0.25, -0.2) is 0 Å². The van der Waals surface area contributed by atoms with Gasteiger partial charge in [-0.15, -0.1) is 0 Å². The molecule has 92 valence electrons. The van der Waals surface area contributed by atoms with Gasteiger partial charge in [0.1, 0.15) is 0 Å². The molecule has 1 heterocycles. The fraction of sp³-hybridized carbons (Fsp3) is 0.0909. The third-order valence-corrected chi connectivity index (χ3v) is 2.83. The van der Waals surface area contributed by atoms with Gasteiger partial charge in [0.2, 0.25) is 5.78 Å². The first-order valence-corrected chi connectivity index (χ1v) is 5.36. The first-order chi connectivity index (χ1) is 8.52. The number of ketones is 1. The summed E-state index contributed by atoms with van der Waals surface area (Å²) in [5.74, 6) is -1.04. The Kier molecular flexibility index (Phi) is 3.12. The van der Waals surface area contributed by atoms with Gasteiger partial charge in [0.25, 0.3) is 0 Å². The maximum absolute atomic E-state index is 12.2. The molecule has 18 heavy (non-hydrogen) atoms. The van der Waals surface area contributed by atoms with Crippen LogP contribution in [0.4, 0.5) is 5.82 Å². The van der Waals surface area contributed by atoms with Crippen molar-refractivity contribution in [1.29, 1.82) is 0 Å². The van der Waals surface area contributed by atoms with E-state index in [1.165, 1.54) is 7.05 Å². The third-order valence-electron chi connectivity index (χ3n) is 2.39. The van der Waals surface area contributed by atoms with Crippen LogP contribution in [0, 0.1) is 10.1 Å². The quantitative estimate of drug-likeness (QED) is 0.484. The van der Waals surface area contributed by atoms with Crippen LogP contribution in [0.1, 0.15) is 15.9 Å². The predicted molar refractivity (Wildman–Crippen MR) is 64.7 cm³/mol. The van der Waals surface area contributed by atoms with Gasteiger partial charge in [-0.1, -0.05) is 41.9 Å². The van der Waals surface area contributed by atoms with Crippen LogP contribution in [0.15, 0.2) is 30.3 Å². The average Bonchev–Trinajstić information content (AvgIpc) is 2.66. The molecule has 0 aliphatic rings. The largest absolute Gasteiger partial charge is 0.402 e. The van der Waals surface area contributed by atoms with Gasteiger partial charge in [-0.3, -0.25) is 4.79 Å². The molecule has 0 amide bonds. The van der Waals surface area contributed by atoms with Crippen LogP contribution in [0.2, 0.25) is 5.15 Å². The van der Waals surface area contributed by atoms with Gasteiger partial charge >= 0.3 is 5.82 Å². The molecule has 0 bridgehead atoms. The van der Waals surface area contributed by atoms with Crippen LogP contribution in [0.5, 0.6) is 0 Å². The van der Waals surface area contributed by atoms with Crippen LogP contribution in [0.3, 0.4) is 0 Å². The highest BCUT2D eigenvalue weighted by Crippen LogP contribution is 2.27. The first kappa shape index (κ1) is 12.3. The molecule has 0 saturated heterocycles. The number of aryl methyl sites for hydroxylation is 1. The number of hydrogen-bond donors (Lipinski definition) is 0. The minimum Gasteiger partial charge on any atom is -0.358 e. The molecule has 2 rings (SSSR count). The van der Waals surface area contributed by atoms with Gasteiger partial charge in [-0.05, 0) is 4.92 Å². The molecular formula is C11H8ClN3O3. The number of rotatable bonds is 3. The van der Waals surface area contributed by atoms with Crippen LogP contribution in [-0.4, -0.2) is 20.5 Å². The Bertz CT molecular complexity index is 622. The van der Waals surface area contributed by atoms with Crippen molar-refractivity contribution in [3.05, 3.63) is 56.7 Å². The highest BCUT2D eigenvalue weighted by atomic mass is 35.5. The van der Waals surface area contributed by atoms with Crippen LogP contribution in [-0.2, 0) is 7.05 Å². The maximum atomic E-state index is 12.2. The molecule has 0 unspecified atom stereocenters. The second kappa shape index (κ2) is 4.58. The average molecular weight is 266 g/mol. The summed E-state index contributed by atoms with van der Waals surface area (Å²) in [7, 11) is 1.44. The Labute approximate surface area is 107 Å². The minimum atomic E-state index is -0.720. The molecule has 7 heteroatoms. The lowest BCUT2D eigenvalue weighted by atomic mass is 10.1. The number of nitro groups is 1. The summed E-state index contributed by atoms with van der Waals surface area (Å²) in [5.41, 5.74) is 0.144.